The molecule has 0 amide bonds. The highest BCUT2D eigenvalue weighted by molar-refractivity contribution is 7.89. The maximum absolute atomic E-state index is 11.7. The summed E-state index contributed by atoms with van der Waals surface area (Å²) in [6.45, 7) is 1.69. The van der Waals surface area contributed by atoms with Gasteiger partial charge in [-0.15, -0.1) is 0 Å². The van der Waals surface area contributed by atoms with Crippen molar-refractivity contribution in [2.75, 3.05) is 5.75 Å². The van der Waals surface area contributed by atoms with E-state index in [2.05, 4.69) is 9.71 Å². The highest BCUT2D eigenvalue weighted by Crippen LogP contribution is 2.10. The molecule has 0 saturated heterocycles. The van der Waals surface area contributed by atoms with Crippen LogP contribution in [0.15, 0.2) is 24.4 Å². The van der Waals surface area contributed by atoms with E-state index in [0.717, 1.165) is 0 Å². The molecule has 0 bridgehead atoms. The monoisotopic (exact) mass is 272 g/mol. The lowest BCUT2D eigenvalue weighted by atomic mass is 10.2. The minimum absolute atomic E-state index is 0.0968. The van der Waals surface area contributed by atoms with Crippen LogP contribution in [0.3, 0.4) is 0 Å². The minimum atomic E-state index is -3.48. The lowest BCUT2D eigenvalue weighted by molar-refractivity contribution is -0.137. The van der Waals surface area contributed by atoms with Crippen molar-refractivity contribution in [1.82, 2.24) is 9.71 Å². The van der Waals surface area contributed by atoms with E-state index in [9.17, 15) is 13.2 Å². The van der Waals surface area contributed by atoms with Crippen LogP contribution in [0.5, 0.6) is 0 Å². The molecule has 0 aliphatic carbocycles. The van der Waals surface area contributed by atoms with Crippen LogP contribution in [0.1, 0.15) is 31.5 Å². The Bertz CT molecular complexity index is 487. The predicted octanol–water partition coefficient (Wildman–Crippen LogP) is 0.927. The summed E-state index contributed by atoms with van der Waals surface area (Å²) in [7, 11) is -3.48. The van der Waals surface area contributed by atoms with Gasteiger partial charge < -0.3 is 5.11 Å². The average Bonchev–Trinajstić information content (AvgIpc) is 2.28. The largest absolute Gasteiger partial charge is 0.481 e. The number of carboxylic acid groups (broad SMARTS) is 1. The van der Waals surface area contributed by atoms with Crippen LogP contribution in [-0.4, -0.2) is 30.2 Å². The fraction of sp³-hybridized carbons (Fsp3) is 0.455. The zero-order chi connectivity index (χ0) is 13.6. The van der Waals surface area contributed by atoms with E-state index in [4.69, 9.17) is 5.11 Å². The standard InChI is InChI=1S/C11H16N2O4S/c1-9(10-5-2-3-7-12-10)13-18(16,17)8-4-6-11(14)15/h2-3,5,7,9,13H,4,6,8H2,1H3,(H,14,15)/t9-/m1/s1. The van der Waals surface area contributed by atoms with Crippen LogP contribution in [-0.2, 0) is 14.8 Å². The molecule has 1 aromatic heterocycles. The van der Waals surface area contributed by atoms with Crippen molar-refractivity contribution >= 4 is 16.0 Å². The number of carbonyl (C=O) groups is 1. The van der Waals surface area contributed by atoms with Crippen molar-refractivity contribution in [3.63, 3.8) is 0 Å². The van der Waals surface area contributed by atoms with Crippen LogP contribution < -0.4 is 4.72 Å². The molecule has 18 heavy (non-hydrogen) atoms. The van der Waals surface area contributed by atoms with Crippen LogP contribution in [0.25, 0.3) is 0 Å². The molecule has 0 aliphatic rings. The number of pyridine rings is 1. The molecular formula is C11H16N2O4S. The van der Waals surface area contributed by atoms with E-state index in [0.29, 0.717) is 5.69 Å². The molecule has 1 rings (SSSR count). The third-order valence-electron chi connectivity index (χ3n) is 2.29. The number of aromatic nitrogens is 1. The van der Waals surface area contributed by atoms with Gasteiger partial charge in [0.2, 0.25) is 10.0 Å². The van der Waals surface area contributed by atoms with Crippen LogP contribution in [0.4, 0.5) is 0 Å². The molecule has 0 spiro atoms. The molecular weight excluding hydrogens is 256 g/mol. The molecule has 0 fully saturated rings. The van der Waals surface area contributed by atoms with E-state index in [1.807, 2.05) is 0 Å². The van der Waals surface area contributed by atoms with E-state index in [1.54, 1.807) is 31.3 Å². The fourth-order valence-corrected chi connectivity index (χ4v) is 2.74. The van der Waals surface area contributed by atoms with Crippen molar-refractivity contribution in [1.29, 1.82) is 0 Å². The quantitative estimate of drug-likeness (QED) is 0.769. The molecule has 0 aromatic carbocycles. The van der Waals surface area contributed by atoms with Crippen LogP contribution in [0.2, 0.25) is 0 Å². The first-order valence-corrected chi connectivity index (χ1v) is 7.18. The summed E-state index contributed by atoms with van der Waals surface area (Å²) in [5, 5.41) is 8.44. The molecule has 1 atom stereocenters. The number of aliphatic carboxylic acids is 1. The Balaban J connectivity index is 2.53. The number of hydrogen-bond acceptors (Lipinski definition) is 4. The lowest BCUT2D eigenvalue weighted by Gasteiger charge is -2.13. The first-order chi connectivity index (χ1) is 8.41. The molecule has 0 aliphatic heterocycles. The van der Waals surface area contributed by atoms with Gasteiger partial charge in [-0.2, -0.15) is 0 Å². The maximum atomic E-state index is 11.7. The fourth-order valence-electron chi connectivity index (χ4n) is 1.43. The number of rotatable bonds is 7. The number of sulfonamides is 1. The second-order valence-electron chi connectivity index (χ2n) is 3.91. The van der Waals surface area contributed by atoms with Gasteiger partial charge in [-0.05, 0) is 25.5 Å². The molecule has 0 unspecified atom stereocenters. The molecule has 1 aromatic rings. The van der Waals surface area contributed by atoms with Crippen molar-refractivity contribution in [2.45, 2.75) is 25.8 Å². The zero-order valence-electron chi connectivity index (χ0n) is 10.0. The van der Waals surface area contributed by atoms with Gasteiger partial charge >= 0.3 is 5.97 Å². The first kappa shape index (κ1) is 14.6. The number of carboxylic acids is 1. The summed E-state index contributed by atoms with van der Waals surface area (Å²) < 4.78 is 25.8. The molecule has 0 radical (unpaired) electrons. The van der Waals surface area contributed by atoms with Gasteiger partial charge in [0.05, 0.1) is 17.5 Å². The second kappa shape index (κ2) is 6.46. The Morgan fingerprint density at radius 2 is 2.22 bits per heavy atom. The Morgan fingerprint density at radius 1 is 1.50 bits per heavy atom. The van der Waals surface area contributed by atoms with Gasteiger partial charge in [0.25, 0.3) is 0 Å². The average molecular weight is 272 g/mol. The molecule has 1 heterocycles. The Kier molecular flexibility index (Phi) is 5.24. The van der Waals surface area contributed by atoms with Crippen molar-refractivity contribution in [3.8, 4) is 0 Å². The van der Waals surface area contributed by atoms with Crippen LogP contribution in [0, 0.1) is 0 Å². The Hall–Kier alpha value is -1.47. The minimum Gasteiger partial charge on any atom is -0.481 e. The third-order valence-corrected chi connectivity index (χ3v) is 3.83. The van der Waals surface area contributed by atoms with E-state index >= 15 is 0 Å². The molecule has 2 N–H and O–H groups in total. The number of hydrogen-bond donors (Lipinski definition) is 2. The highest BCUT2D eigenvalue weighted by atomic mass is 32.2. The van der Waals surface area contributed by atoms with E-state index in [1.165, 1.54) is 0 Å². The molecule has 100 valence electrons. The van der Waals surface area contributed by atoms with Gasteiger partial charge in [-0.3, -0.25) is 9.78 Å². The predicted molar refractivity (Wildman–Crippen MR) is 66.4 cm³/mol. The van der Waals surface area contributed by atoms with Gasteiger partial charge in [0.1, 0.15) is 0 Å². The third kappa shape index (κ3) is 5.24. The molecule has 0 saturated carbocycles. The topological polar surface area (TPSA) is 96.4 Å². The Morgan fingerprint density at radius 3 is 2.78 bits per heavy atom. The van der Waals surface area contributed by atoms with Crippen molar-refractivity contribution in [3.05, 3.63) is 30.1 Å². The van der Waals surface area contributed by atoms with Gasteiger partial charge in [-0.1, -0.05) is 6.07 Å². The molecule has 7 heteroatoms. The summed E-state index contributed by atoms with van der Waals surface area (Å²) >= 11 is 0. The van der Waals surface area contributed by atoms with E-state index in [-0.39, 0.29) is 18.6 Å². The molecule has 6 nitrogen and oxygen atoms in total. The smallest absolute Gasteiger partial charge is 0.303 e. The van der Waals surface area contributed by atoms with Gasteiger partial charge in [-0.25, -0.2) is 13.1 Å². The van der Waals surface area contributed by atoms with Crippen molar-refractivity contribution in [2.24, 2.45) is 0 Å². The number of nitrogens with zero attached hydrogens (tertiary/aromatic N) is 1. The summed E-state index contributed by atoms with van der Waals surface area (Å²) in [5.41, 5.74) is 0.624. The van der Waals surface area contributed by atoms with Crippen LogP contribution >= 0.6 is 0 Å². The first-order valence-electron chi connectivity index (χ1n) is 5.53. The summed E-state index contributed by atoms with van der Waals surface area (Å²) in [5.74, 6) is -1.20. The summed E-state index contributed by atoms with van der Waals surface area (Å²) in [4.78, 5) is 14.4. The highest BCUT2D eigenvalue weighted by Gasteiger charge is 2.16. The Labute approximate surface area is 106 Å². The van der Waals surface area contributed by atoms with Crippen molar-refractivity contribution < 1.29 is 18.3 Å². The SMILES string of the molecule is C[C@@H](NS(=O)(=O)CCCC(=O)O)c1ccccn1. The normalized spacial score (nSPS) is 13.2. The van der Waals surface area contributed by atoms with Gasteiger partial charge in [0.15, 0.2) is 0 Å². The second-order valence-corrected chi connectivity index (χ2v) is 5.78. The maximum Gasteiger partial charge on any atom is 0.303 e. The summed E-state index contributed by atoms with van der Waals surface area (Å²) in [6, 6.07) is 4.82. The summed E-state index contributed by atoms with van der Waals surface area (Å²) in [6.07, 6.45) is 1.53. The zero-order valence-corrected chi connectivity index (χ0v) is 10.9. The van der Waals surface area contributed by atoms with Gasteiger partial charge in [0, 0.05) is 12.6 Å². The lowest BCUT2D eigenvalue weighted by Crippen LogP contribution is -2.29. The van der Waals surface area contributed by atoms with E-state index < -0.39 is 22.0 Å². The number of nitrogens with one attached hydrogen (secondary N) is 1.